The smallest absolute Gasteiger partial charge is 0.260 e. The average molecular weight is 430 g/mol. The van der Waals surface area contributed by atoms with Crippen molar-refractivity contribution in [1.29, 1.82) is 0 Å². The molecule has 2 rings (SSSR count). The molecule has 0 spiro atoms. The number of aryl methyl sites for hydroxylation is 1. The van der Waals surface area contributed by atoms with E-state index < -0.39 is 15.9 Å². The Hall–Kier alpha value is -2.67. The van der Waals surface area contributed by atoms with Gasteiger partial charge in [-0.1, -0.05) is 70.2 Å². The van der Waals surface area contributed by atoms with Crippen LogP contribution >= 0.6 is 0 Å². The van der Waals surface area contributed by atoms with Gasteiger partial charge in [-0.05, 0) is 41.5 Å². The van der Waals surface area contributed by atoms with E-state index in [9.17, 15) is 13.2 Å². The number of carbonyl (C=O) groups excluding carboxylic acids is 1. The first-order valence-electron chi connectivity index (χ1n) is 9.93. The summed E-state index contributed by atoms with van der Waals surface area (Å²) >= 11 is 0. The molecule has 0 radical (unpaired) electrons. The van der Waals surface area contributed by atoms with Crippen LogP contribution in [0.5, 0.6) is 0 Å². The minimum absolute atomic E-state index is 0.0572. The van der Waals surface area contributed by atoms with Crippen molar-refractivity contribution in [3.8, 4) is 0 Å². The van der Waals surface area contributed by atoms with Crippen molar-refractivity contribution in [2.75, 3.05) is 17.1 Å². The molecule has 0 saturated carbocycles. The van der Waals surface area contributed by atoms with E-state index >= 15 is 0 Å². The van der Waals surface area contributed by atoms with E-state index in [2.05, 4.69) is 31.3 Å². The second-order valence-corrected chi connectivity index (χ2v) is 10.2. The lowest BCUT2D eigenvalue weighted by Gasteiger charge is -2.23. The maximum atomic E-state index is 12.5. The molecule has 1 amide bonds. The van der Waals surface area contributed by atoms with Crippen molar-refractivity contribution in [2.45, 2.75) is 46.5 Å². The third-order valence-corrected chi connectivity index (χ3v) is 5.97. The molecule has 0 saturated heterocycles. The van der Waals surface area contributed by atoms with Crippen LogP contribution < -0.4 is 9.73 Å². The molecule has 6 nitrogen and oxygen atoms in total. The van der Waals surface area contributed by atoms with Crippen molar-refractivity contribution < 1.29 is 13.2 Å². The number of rotatable bonds is 7. The van der Waals surface area contributed by atoms with E-state index in [0.29, 0.717) is 17.8 Å². The van der Waals surface area contributed by atoms with Crippen molar-refractivity contribution in [2.24, 2.45) is 5.10 Å². The molecule has 2 aromatic rings. The van der Waals surface area contributed by atoms with Gasteiger partial charge in [0.2, 0.25) is 10.0 Å². The van der Waals surface area contributed by atoms with Gasteiger partial charge >= 0.3 is 0 Å². The number of benzene rings is 2. The predicted octanol–water partition coefficient (Wildman–Crippen LogP) is 3.85. The Labute approximate surface area is 180 Å². The third kappa shape index (κ3) is 6.16. The van der Waals surface area contributed by atoms with Crippen molar-refractivity contribution in [3.63, 3.8) is 0 Å². The number of sulfonamides is 1. The van der Waals surface area contributed by atoms with Gasteiger partial charge in [0.1, 0.15) is 6.54 Å². The Kier molecular flexibility index (Phi) is 7.42. The summed E-state index contributed by atoms with van der Waals surface area (Å²) in [6.07, 6.45) is 1.75. The Morgan fingerprint density at radius 2 is 1.67 bits per heavy atom. The molecule has 0 heterocycles. The fourth-order valence-corrected chi connectivity index (χ4v) is 3.91. The van der Waals surface area contributed by atoms with Crippen molar-refractivity contribution >= 4 is 27.3 Å². The number of hydrogen-bond acceptors (Lipinski definition) is 4. The molecular formula is C23H31N3O3S. The maximum absolute atomic E-state index is 12.5. The van der Waals surface area contributed by atoms with E-state index in [1.807, 2.05) is 43.3 Å². The molecule has 0 fully saturated rings. The van der Waals surface area contributed by atoms with Crippen LogP contribution in [0.15, 0.2) is 53.6 Å². The largest absolute Gasteiger partial charge is 0.271 e. The monoisotopic (exact) mass is 429 g/mol. The van der Waals surface area contributed by atoms with E-state index in [4.69, 9.17) is 0 Å². The van der Waals surface area contributed by atoms with Crippen LogP contribution in [-0.2, 0) is 26.7 Å². The zero-order chi connectivity index (χ0) is 22.5. The van der Waals surface area contributed by atoms with Gasteiger partial charge in [0.15, 0.2) is 0 Å². The molecule has 0 bridgehead atoms. The Morgan fingerprint density at radius 1 is 1.07 bits per heavy atom. The Bertz CT molecular complexity index is 1020. The summed E-state index contributed by atoms with van der Waals surface area (Å²) in [5.74, 6) is -0.503. The molecule has 7 heteroatoms. The first-order chi connectivity index (χ1) is 13.9. The van der Waals surface area contributed by atoms with Crippen LogP contribution in [-0.4, -0.2) is 32.8 Å². The van der Waals surface area contributed by atoms with Gasteiger partial charge in [-0.2, -0.15) is 5.10 Å². The van der Waals surface area contributed by atoms with Crippen LogP contribution in [0.3, 0.4) is 0 Å². The SMILES string of the molecule is CCc1ccccc1N(CC(=O)N/N=C(/C)c1ccc(C(C)(C)C)cc1)S(C)(=O)=O. The summed E-state index contributed by atoms with van der Waals surface area (Å²) < 4.78 is 25.8. The fraction of sp³-hybridized carbons (Fsp3) is 0.391. The highest BCUT2D eigenvalue weighted by Gasteiger charge is 2.22. The van der Waals surface area contributed by atoms with Gasteiger partial charge in [-0.25, -0.2) is 13.8 Å². The minimum atomic E-state index is -3.63. The van der Waals surface area contributed by atoms with Gasteiger partial charge in [0.25, 0.3) is 5.91 Å². The van der Waals surface area contributed by atoms with E-state index in [1.54, 1.807) is 19.1 Å². The number of anilines is 1. The third-order valence-electron chi connectivity index (χ3n) is 4.85. The number of amides is 1. The minimum Gasteiger partial charge on any atom is -0.271 e. The summed E-state index contributed by atoms with van der Waals surface area (Å²) in [6, 6.07) is 15.2. The van der Waals surface area contributed by atoms with Crippen LogP contribution in [0.2, 0.25) is 0 Å². The number of carbonyl (C=O) groups is 1. The van der Waals surface area contributed by atoms with Gasteiger partial charge < -0.3 is 0 Å². The predicted molar refractivity (Wildman–Crippen MR) is 124 cm³/mol. The molecule has 0 unspecified atom stereocenters. The zero-order valence-corrected chi connectivity index (χ0v) is 19.4. The Balaban J connectivity index is 2.16. The summed E-state index contributed by atoms with van der Waals surface area (Å²) in [4.78, 5) is 12.5. The lowest BCUT2D eigenvalue weighted by atomic mass is 9.86. The first-order valence-corrected chi connectivity index (χ1v) is 11.8. The summed E-state index contributed by atoms with van der Waals surface area (Å²) in [6.45, 7) is 9.84. The number of nitrogens with zero attached hydrogens (tertiary/aromatic N) is 2. The summed E-state index contributed by atoms with van der Waals surface area (Å²) in [7, 11) is -3.63. The van der Waals surface area contributed by atoms with Crippen LogP contribution in [0.4, 0.5) is 5.69 Å². The number of hydrazone groups is 1. The van der Waals surface area contributed by atoms with Crippen molar-refractivity contribution in [1.82, 2.24) is 5.43 Å². The van der Waals surface area contributed by atoms with Crippen LogP contribution in [0, 0.1) is 0 Å². The number of nitrogens with one attached hydrogen (secondary N) is 1. The molecule has 0 aliphatic rings. The van der Waals surface area contributed by atoms with Gasteiger partial charge in [0, 0.05) is 0 Å². The molecule has 1 N–H and O–H groups in total. The molecule has 0 aliphatic heterocycles. The lowest BCUT2D eigenvalue weighted by molar-refractivity contribution is -0.119. The summed E-state index contributed by atoms with van der Waals surface area (Å²) in [5, 5.41) is 4.15. The van der Waals surface area contributed by atoms with Gasteiger partial charge in [-0.3, -0.25) is 9.10 Å². The standard InChI is InChI=1S/C23H31N3O3S/c1-7-18-10-8-9-11-21(18)26(30(6,28)29)16-22(27)25-24-17(2)19-12-14-20(15-13-19)23(3,4)5/h8-15H,7,16H2,1-6H3,(H,25,27)/b24-17-. The average Bonchev–Trinajstić information content (AvgIpc) is 2.68. The topological polar surface area (TPSA) is 78.8 Å². The molecular weight excluding hydrogens is 398 g/mol. The normalized spacial score (nSPS) is 12.5. The molecule has 2 aromatic carbocycles. The highest BCUT2D eigenvalue weighted by molar-refractivity contribution is 7.92. The maximum Gasteiger partial charge on any atom is 0.260 e. The van der Waals surface area contributed by atoms with E-state index in [1.165, 1.54) is 5.56 Å². The molecule has 30 heavy (non-hydrogen) atoms. The van der Waals surface area contributed by atoms with Gasteiger partial charge in [-0.15, -0.1) is 0 Å². The van der Waals surface area contributed by atoms with Gasteiger partial charge in [0.05, 0.1) is 17.7 Å². The number of hydrogen-bond donors (Lipinski definition) is 1. The van der Waals surface area contributed by atoms with Crippen LogP contribution in [0.25, 0.3) is 0 Å². The number of para-hydroxylation sites is 1. The van der Waals surface area contributed by atoms with Crippen LogP contribution in [0.1, 0.15) is 51.3 Å². The molecule has 162 valence electrons. The highest BCUT2D eigenvalue weighted by atomic mass is 32.2. The lowest BCUT2D eigenvalue weighted by Crippen LogP contribution is -2.39. The molecule has 0 atom stereocenters. The second-order valence-electron chi connectivity index (χ2n) is 8.31. The van der Waals surface area contributed by atoms with E-state index in [-0.39, 0.29) is 12.0 Å². The molecule has 0 aromatic heterocycles. The van der Waals surface area contributed by atoms with Crippen molar-refractivity contribution in [3.05, 3.63) is 65.2 Å². The molecule has 0 aliphatic carbocycles. The first kappa shape index (κ1) is 23.6. The second kappa shape index (κ2) is 9.43. The summed E-state index contributed by atoms with van der Waals surface area (Å²) in [5.41, 5.74) is 6.64. The Morgan fingerprint density at radius 3 is 2.20 bits per heavy atom. The quantitative estimate of drug-likeness (QED) is 0.536. The van der Waals surface area contributed by atoms with E-state index in [0.717, 1.165) is 21.7 Å². The fourth-order valence-electron chi connectivity index (χ4n) is 3.02. The zero-order valence-electron chi connectivity index (χ0n) is 18.6. The highest BCUT2D eigenvalue weighted by Crippen LogP contribution is 2.23.